The van der Waals surface area contributed by atoms with Crippen molar-refractivity contribution in [2.45, 2.75) is 38.8 Å². The fourth-order valence-corrected chi connectivity index (χ4v) is 1.95. The molecule has 0 aromatic heterocycles. The minimum atomic E-state index is -0.463. The average molecular weight is 244 g/mol. The van der Waals surface area contributed by atoms with Gasteiger partial charge in [-0.2, -0.15) is 0 Å². The van der Waals surface area contributed by atoms with Crippen molar-refractivity contribution in [3.05, 3.63) is 0 Å². The number of ether oxygens (including phenoxy) is 2. The van der Waals surface area contributed by atoms with Crippen LogP contribution in [0.25, 0.3) is 0 Å². The van der Waals surface area contributed by atoms with Gasteiger partial charge in [0.1, 0.15) is 5.60 Å². The zero-order valence-corrected chi connectivity index (χ0v) is 11.2. The van der Waals surface area contributed by atoms with E-state index >= 15 is 0 Å². The molecule has 0 bridgehead atoms. The Labute approximate surface area is 103 Å². The van der Waals surface area contributed by atoms with Gasteiger partial charge in [0.05, 0.1) is 12.6 Å². The molecule has 1 aliphatic heterocycles. The molecular weight excluding hydrogens is 220 g/mol. The zero-order valence-electron chi connectivity index (χ0n) is 11.2. The SMILES string of the molecule is COC[C@@H](NC(=O)OC(C)(C)C)C1CCNC1. The molecule has 1 saturated heterocycles. The normalized spacial score (nSPS) is 22.2. The maximum atomic E-state index is 11.7. The maximum absolute atomic E-state index is 11.7. The van der Waals surface area contributed by atoms with Gasteiger partial charge in [0, 0.05) is 13.7 Å². The molecule has 5 heteroatoms. The summed E-state index contributed by atoms with van der Waals surface area (Å²) in [7, 11) is 1.64. The zero-order chi connectivity index (χ0) is 12.9. The fourth-order valence-electron chi connectivity index (χ4n) is 1.95. The summed E-state index contributed by atoms with van der Waals surface area (Å²) in [6.45, 7) is 8.01. The van der Waals surface area contributed by atoms with E-state index < -0.39 is 5.60 Å². The average Bonchev–Trinajstić information content (AvgIpc) is 2.66. The summed E-state index contributed by atoms with van der Waals surface area (Å²) in [5.41, 5.74) is -0.463. The first kappa shape index (κ1) is 14.3. The lowest BCUT2D eigenvalue weighted by molar-refractivity contribution is 0.0438. The second-order valence-corrected chi connectivity index (χ2v) is 5.46. The van der Waals surface area contributed by atoms with Crippen LogP contribution in [0.15, 0.2) is 0 Å². The topological polar surface area (TPSA) is 59.6 Å². The fraction of sp³-hybridized carbons (Fsp3) is 0.917. The highest BCUT2D eigenvalue weighted by Crippen LogP contribution is 2.14. The van der Waals surface area contributed by atoms with Gasteiger partial charge >= 0.3 is 6.09 Å². The number of hydrogen-bond acceptors (Lipinski definition) is 4. The molecule has 0 radical (unpaired) electrons. The molecule has 1 aliphatic rings. The molecule has 0 aliphatic carbocycles. The first-order valence-corrected chi connectivity index (χ1v) is 6.11. The van der Waals surface area contributed by atoms with E-state index in [2.05, 4.69) is 10.6 Å². The molecule has 0 spiro atoms. The van der Waals surface area contributed by atoms with Crippen molar-refractivity contribution < 1.29 is 14.3 Å². The lowest BCUT2D eigenvalue weighted by Gasteiger charge is -2.26. The van der Waals surface area contributed by atoms with Crippen LogP contribution in [-0.4, -0.2) is 44.5 Å². The number of carbonyl (C=O) groups excluding carboxylic acids is 1. The van der Waals surface area contributed by atoms with Crippen LogP contribution in [0, 0.1) is 5.92 Å². The second kappa shape index (κ2) is 6.21. The van der Waals surface area contributed by atoms with E-state index in [0.29, 0.717) is 12.5 Å². The largest absolute Gasteiger partial charge is 0.444 e. The summed E-state index contributed by atoms with van der Waals surface area (Å²) in [4.78, 5) is 11.7. The molecule has 2 N–H and O–H groups in total. The van der Waals surface area contributed by atoms with Crippen molar-refractivity contribution in [1.29, 1.82) is 0 Å². The minimum absolute atomic E-state index is 0.0184. The summed E-state index contributed by atoms with van der Waals surface area (Å²) >= 11 is 0. The molecule has 2 atom stereocenters. The Morgan fingerprint density at radius 2 is 2.24 bits per heavy atom. The maximum Gasteiger partial charge on any atom is 0.407 e. The van der Waals surface area contributed by atoms with Gasteiger partial charge in [0.25, 0.3) is 0 Å². The lowest BCUT2D eigenvalue weighted by atomic mass is 10.00. The quantitative estimate of drug-likeness (QED) is 0.778. The van der Waals surface area contributed by atoms with Gasteiger partial charge in [-0.3, -0.25) is 0 Å². The number of rotatable bonds is 4. The molecule has 1 amide bonds. The van der Waals surface area contributed by atoms with Gasteiger partial charge in [-0.1, -0.05) is 0 Å². The highest BCUT2D eigenvalue weighted by molar-refractivity contribution is 5.68. The standard InChI is InChI=1S/C12H24N2O3/c1-12(2,3)17-11(15)14-10(8-16-4)9-5-6-13-7-9/h9-10,13H,5-8H2,1-4H3,(H,14,15)/t9?,10-/m1/s1. The van der Waals surface area contributed by atoms with Crippen molar-refractivity contribution in [2.24, 2.45) is 5.92 Å². The van der Waals surface area contributed by atoms with Crippen LogP contribution in [0.2, 0.25) is 0 Å². The summed E-state index contributed by atoms with van der Waals surface area (Å²) in [5, 5.41) is 6.18. The van der Waals surface area contributed by atoms with Crippen molar-refractivity contribution >= 4 is 6.09 Å². The van der Waals surface area contributed by atoms with Crippen molar-refractivity contribution in [1.82, 2.24) is 10.6 Å². The molecule has 17 heavy (non-hydrogen) atoms. The van der Waals surface area contributed by atoms with Gasteiger partial charge in [0.2, 0.25) is 0 Å². The van der Waals surface area contributed by atoms with Crippen LogP contribution in [0.5, 0.6) is 0 Å². The number of amides is 1. The molecule has 1 rings (SSSR count). The third kappa shape index (κ3) is 5.37. The Hall–Kier alpha value is -0.810. The lowest BCUT2D eigenvalue weighted by Crippen LogP contribution is -2.46. The van der Waals surface area contributed by atoms with E-state index in [0.717, 1.165) is 19.5 Å². The summed E-state index contributed by atoms with van der Waals surface area (Å²) in [6, 6.07) is 0.0184. The number of methoxy groups -OCH3 is 1. The van der Waals surface area contributed by atoms with Crippen molar-refractivity contribution in [3.63, 3.8) is 0 Å². The van der Waals surface area contributed by atoms with Gasteiger partial charge in [0.15, 0.2) is 0 Å². The first-order valence-electron chi connectivity index (χ1n) is 6.11. The predicted octanol–water partition coefficient (Wildman–Crippen LogP) is 1.14. The highest BCUT2D eigenvalue weighted by atomic mass is 16.6. The van der Waals surface area contributed by atoms with Gasteiger partial charge in [-0.25, -0.2) is 4.79 Å². The summed E-state index contributed by atoms with van der Waals surface area (Å²) in [6.07, 6.45) is 0.690. The van der Waals surface area contributed by atoms with Gasteiger partial charge < -0.3 is 20.1 Å². The molecule has 1 unspecified atom stereocenters. The molecule has 100 valence electrons. The highest BCUT2D eigenvalue weighted by Gasteiger charge is 2.27. The molecule has 5 nitrogen and oxygen atoms in total. The van der Waals surface area contributed by atoms with E-state index in [1.165, 1.54) is 0 Å². The Bertz CT molecular complexity index is 245. The third-order valence-electron chi connectivity index (χ3n) is 2.72. The molecular formula is C12H24N2O3. The van der Waals surface area contributed by atoms with Crippen LogP contribution in [0.3, 0.4) is 0 Å². The number of carbonyl (C=O) groups is 1. The van der Waals surface area contributed by atoms with Crippen molar-refractivity contribution in [2.75, 3.05) is 26.8 Å². The number of alkyl carbamates (subject to hydrolysis) is 1. The Morgan fingerprint density at radius 3 is 2.71 bits per heavy atom. The van der Waals surface area contributed by atoms with Crippen molar-refractivity contribution in [3.8, 4) is 0 Å². The van der Waals surface area contributed by atoms with E-state index in [1.54, 1.807) is 7.11 Å². The van der Waals surface area contributed by atoms with Crippen LogP contribution in [-0.2, 0) is 9.47 Å². The van der Waals surface area contributed by atoms with E-state index in [9.17, 15) is 4.79 Å². The Balaban J connectivity index is 2.45. The summed E-state index contributed by atoms with van der Waals surface area (Å²) < 4.78 is 10.4. The van der Waals surface area contributed by atoms with Crippen LogP contribution >= 0.6 is 0 Å². The van der Waals surface area contributed by atoms with Gasteiger partial charge in [-0.05, 0) is 39.7 Å². The third-order valence-corrected chi connectivity index (χ3v) is 2.72. The molecule has 0 saturated carbocycles. The molecule has 0 aromatic carbocycles. The smallest absolute Gasteiger partial charge is 0.407 e. The minimum Gasteiger partial charge on any atom is -0.444 e. The monoisotopic (exact) mass is 244 g/mol. The second-order valence-electron chi connectivity index (χ2n) is 5.46. The molecule has 1 fully saturated rings. The number of nitrogens with one attached hydrogen (secondary N) is 2. The Morgan fingerprint density at radius 1 is 1.53 bits per heavy atom. The molecule has 0 aromatic rings. The summed E-state index contributed by atoms with van der Waals surface area (Å²) in [5.74, 6) is 0.419. The van der Waals surface area contributed by atoms with Gasteiger partial charge in [-0.15, -0.1) is 0 Å². The van der Waals surface area contributed by atoms with E-state index in [1.807, 2.05) is 20.8 Å². The van der Waals surface area contributed by atoms with Crippen LogP contribution in [0.1, 0.15) is 27.2 Å². The number of hydrogen-bond donors (Lipinski definition) is 2. The van der Waals surface area contributed by atoms with E-state index in [-0.39, 0.29) is 12.1 Å². The Kier molecular flexibility index (Phi) is 5.21. The van der Waals surface area contributed by atoms with Crippen LogP contribution < -0.4 is 10.6 Å². The first-order chi connectivity index (χ1) is 7.92. The predicted molar refractivity (Wildman–Crippen MR) is 66.0 cm³/mol. The van der Waals surface area contributed by atoms with E-state index in [4.69, 9.17) is 9.47 Å². The van der Waals surface area contributed by atoms with Crippen LogP contribution in [0.4, 0.5) is 4.79 Å². The molecule has 1 heterocycles.